The third-order valence-electron chi connectivity index (χ3n) is 11.7. The Morgan fingerprint density at radius 2 is 1.71 bits per heavy atom. The number of rotatable bonds is 12. The molecule has 5 heterocycles. The first-order valence-corrected chi connectivity index (χ1v) is 20.6. The van der Waals surface area contributed by atoms with Crippen molar-refractivity contribution in [3.8, 4) is 28.4 Å². The van der Waals surface area contributed by atoms with E-state index in [2.05, 4.69) is 21.5 Å². The zero-order valence-corrected chi connectivity index (χ0v) is 35.8. The lowest BCUT2D eigenvalue weighted by Crippen LogP contribution is -2.43. The minimum Gasteiger partial charge on any atom is -0.494 e. The number of anilines is 1. The number of carboxylic acid groups (broad SMARTS) is 1. The van der Waals surface area contributed by atoms with Crippen molar-refractivity contribution in [3.05, 3.63) is 92.2 Å². The molecule has 59 heavy (non-hydrogen) atoms. The van der Waals surface area contributed by atoms with Gasteiger partial charge in [0, 0.05) is 70.6 Å². The number of hydrogen-bond acceptors (Lipinski definition) is 8. The summed E-state index contributed by atoms with van der Waals surface area (Å²) in [5.74, 6) is 0.170. The summed E-state index contributed by atoms with van der Waals surface area (Å²) in [6.45, 7) is 11.5. The molecule has 1 N–H and O–H groups in total. The summed E-state index contributed by atoms with van der Waals surface area (Å²) < 4.78 is 28.1. The summed E-state index contributed by atoms with van der Waals surface area (Å²) in [7, 11) is 3.22. The van der Waals surface area contributed by atoms with E-state index in [9.17, 15) is 9.90 Å². The van der Waals surface area contributed by atoms with E-state index in [1.807, 2.05) is 52.0 Å². The Hall–Kier alpha value is -5.30. The van der Waals surface area contributed by atoms with Gasteiger partial charge in [-0.15, -0.1) is 0 Å². The fourth-order valence-electron chi connectivity index (χ4n) is 8.92. The number of nitrogens with zero attached hydrogens (tertiary/aromatic N) is 5. The Balaban J connectivity index is 1.29. The Bertz CT molecular complexity index is 2620. The SMILES string of the molecule is COc1c(OC[C@@H]2CCCO2)cc(N2C[C@@H](C)n3c(c(CCCOc4cc(C)c(Cl)c(C)c4)c4ccc(Cl)c(-c5c(C)ncnc5C)c43)C2=O)c2c1cc(C(=O)O)n2C. The van der Waals surface area contributed by atoms with Gasteiger partial charge in [0.25, 0.3) is 5.91 Å². The number of benzene rings is 3. The van der Waals surface area contributed by atoms with Crippen molar-refractivity contribution >= 4 is 62.6 Å². The highest BCUT2D eigenvalue weighted by molar-refractivity contribution is 6.35. The van der Waals surface area contributed by atoms with E-state index in [-0.39, 0.29) is 36.9 Å². The molecule has 3 aromatic heterocycles. The van der Waals surface area contributed by atoms with Crippen molar-refractivity contribution in [1.29, 1.82) is 0 Å². The monoisotopic (exact) mass is 839 g/mol. The molecule has 0 spiro atoms. The number of ether oxygens (including phenoxy) is 4. The van der Waals surface area contributed by atoms with Gasteiger partial charge in [0.2, 0.25) is 0 Å². The molecular weight excluding hydrogens is 793 g/mol. The van der Waals surface area contributed by atoms with E-state index >= 15 is 4.79 Å². The zero-order chi connectivity index (χ0) is 41.9. The number of aryl methyl sites for hydroxylation is 6. The second kappa shape index (κ2) is 16.0. The van der Waals surface area contributed by atoms with Crippen LogP contribution in [0.5, 0.6) is 17.2 Å². The lowest BCUT2D eigenvalue weighted by molar-refractivity contribution is 0.0670. The van der Waals surface area contributed by atoms with Crippen molar-refractivity contribution < 1.29 is 33.6 Å². The maximum atomic E-state index is 15.5. The molecule has 14 heteroatoms. The number of fused-ring (bicyclic) bond motifs is 4. The van der Waals surface area contributed by atoms with Crippen LogP contribution in [-0.2, 0) is 18.2 Å². The second-order valence-electron chi connectivity index (χ2n) is 15.6. The fraction of sp³-hybridized carbons (Fsp3) is 0.378. The van der Waals surface area contributed by atoms with Gasteiger partial charge in [-0.25, -0.2) is 14.8 Å². The molecule has 12 nitrogen and oxygen atoms in total. The first kappa shape index (κ1) is 40.5. The van der Waals surface area contributed by atoms with E-state index in [1.165, 1.54) is 7.11 Å². The number of carbonyl (C=O) groups is 2. The highest BCUT2D eigenvalue weighted by Crippen LogP contribution is 2.48. The lowest BCUT2D eigenvalue weighted by atomic mass is 9.97. The zero-order valence-electron chi connectivity index (χ0n) is 34.2. The van der Waals surface area contributed by atoms with Crippen LogP contribution in [0.4, 0.5) is 5.69 Å². The van der Waals surface area contributed by atoms with Crippen molar-refractivity contribution in [2.45, 2.75) is 72.4 Å². The molecule has 1 saturated heterocycles. The van der Waals surface area contributed by atoms with E-state index < -0.39 is 5.97 Å². The molecular formula is C45H47Cl2N5O7. The number of methoxy groups -OCH3 is 1. The Labute approximate surface area is 352 Å². The molecule has 2 aliphatic heterocycles. The Morgan fingerprint density at radius 1 is 0.983 bits per heavy atom. The Kier molecular flexibility index (Phi) is 11.0. The normalized spacial score (nSPS) is 16.6. The molecule has 6 aromatic rings. The van der Waals surface area contributed by atoms with Crippen LogP contribution in [-0.4, -0.2) is 75.7 Å². The molecule has 3 aromatic carbocycles. The molecule has 0 aliphatic carbocycles. The van der Waals surface area contributed by atoms with Crippen LogP contribution in [0.1, 0.15) is 81.3 Å². The number of amides is 1. The molecule has 0 bridgehead atoms. The molecule has 308 valence electrons. The van der Waals surface area contributed by atoms with Crippen molar-refractivity contribution in [3.63, 3.8) is 0 Å². The van der Waals surface area contributed by atoms with Crippen LogP contribution in [0.2, 0.25) is 10.0 Å². The molecule has 2 atom stereocenters. The topological polar surface area (TPSA) is 130 Å². The highest BCUT2D eigenvalue weighted by atomic mass is 35.5. The predicted octanol–water partition coefficient (Wildman–Crippen LogP) is 9.63. The maximum absolute atomic E-state index is 15.5. The maximum Gasteiger partial charge on any atom is 0.352 e. The van der Waals surface area contributed by atoms with Crippen LogP contribution >= 0.6 is 23.2 Å². The summed E-state index contributed by atoms with van der Waals surface area (Å²) in [6, 6.07) is 10.8. The van der Waals surface area contributed by atoms with E-state index in [0.29, 0.717) is 64.9 Å². The van der Waals surface area contributed by atoms with Crippen LogP contribution in [0.25, 0.3) is 32.9 Å². The summed E-state index contributed by atoms with van der Waals surface area (Å²) in [6.07, 6.45) is 4.39. The fourth-order valence-corrected chi connectivity index (χ4v) is 9.28. The summed E-state index contributed by atoms with van der Waals surface area (Å²) >= 11 is 13.6. The average Bonchev–Trinajstić information content (AvgIpc) is 3.93. The third-order valence-corrected chi connectivity index (χ3v) is 12.6. The van der Waals surface area contributed by atoms with Crippen LogP contribution in [0.3, 0.4) is 0 Å². The van der Waals surface area contributed by atoms with Gasteiger partial charge in [-0.3, -0.25) is 4.79 Å². The largest absolute Gasteiger partial charge is 0.494 e. The minimum absolute atomic E-state index is 0.0457. The number of aromatic carboxylic acids is 1. The number of hydrogen-bond donors (Lipinski definition) is 1. The average molecular weight is 841 g/mol. The van der Waals surface area contributed by atoms with Gasteiger partial charge in [-0.2, -0.15) is 0 Å². The quantitative estimate of drug-likeness (QED) is 0.120. The van der Waals surface area contributed by atoms with E-state index in [0.717, 1.165) is 73.7 Å². The molecule has 2 aliphatic rings. The number of aromatic nitrogens is 4. The van der Waals surface area contributed by atoms with Gasteiger partial charge in [0.15, 0.2) is 11.5 Å². The standard InChI is InChI=1S/C45H47Cl2N5O7/c1-23-16-29(17-24(2)39(23)47)58-15-9-11-30-31-12-13-33(46)38(37-26(4)48-22-49-27(37)5)41(31)52-25(3)20-51(44(53)42(30)52)34-19-36(59-21-28-10-8-14-57-28)43(56-7)32-18-35(45(54)55)50(6)40(32)34/h12-13,16-19,22,25,28H,8-11,14-15,20-21H2,1-7H3,(H,54,55)/t25-,28+/m1/s1. The van der Waals surface area contributed by atoms with Crippen molar-refractivity contribution in [2.75, 3.05) is 38.4 Å². The summed E-state index contributed by atoms with van der Waals surface area (Å²) in [5, 5.41) is 12.9. The van der Waals surface area contributed by atoms with E-state index in [1.54, 1.807) is 35.0 Å². The minimum atomic E-state index is -1.11. The molecule has 0 radical (unpaired) electrons. The summed E-state index contributed by atoms with van der Waals surface area (Å²) in [5.41, 5.74) is 8.33. The highest BCUT2D eigenvalue weighted by Gasteiger charge is 2.38. The first-order valence-electron chi connectivity index (χ1n) is 19.8. The number of carboxylic acids is 1. The smallest absolute Gasteiger partial charge is 0.352 e. The third kappa shape index (κ3) is 7.04. The number of carbonyl (C=O) groups excluding carboxylic acids is 1. The number of halogens is 2. The van der Waals surface area contributed by atoms with Crippen LogP contribution in [0, 0.1) is 27.7 Å². The van der Waals surface area contributed by atoms with Gasteiger partial charge in [0.1, 0.15) is 30.1 Å². The first-order chi connectivity index (χ1) is 28.3. The molecule has 8 rings (SSSR count). The molecule has 0 saturated carbocycles. The van der Waals surface area contributed by atoms with Gasteiger partial charge < -0.3 is 38.1 Å². The summed E-state index contributed by atoms with van der Waals surface area (Å²) in [4.78, 5) is 38.9. The van der Waals surface area contributed by atoms with E-state index in [4.69, 9.17) is 42.1 Å². The van der Waals surface area contributed by atoms with Crippen molar-refractivity contribution in [1.82, 2.24) is 19.1 Å². The Morgan fingerprint density at radius 3 is 2.37 bits per heavy atom. The van der Waals surface area contributed by atoms with Gasteiger partial charge in [0.05, 0.1) is 41.6 Å². The molecule has 0 unspecified atom stereocenters. The van der Waals surface area contributed by atoms with Crippen molar-refractivity contribution in [2.24, 2.45) is 7.05 Å². The second-order valence-corrected chi connectivity index (χ2v) is 16.3. The van der Waals surface area contributed by atoms with Crippen LogP contribution in [0.15, 0.2) is 42.7 Å². The predicted molar refractivity (Wildman–Crippen MR) is 229 cm³/mol. The van der Waals surface area contributed by atoms with Crippen LogP contribution < -0.4 is 19.1 Å². The molecule has 1 amide bonds. The molecule has 1 fully saturated rings. The van der Waals surface area contributed by atoms with Gasteiger partial charge in [-0.05, 0) is 101 Å². The van der Waals surface area contributed by atoms with Gasteiger partial charge in [-0.1, -0.05) is 29.3 Å². The van der Waals surface area contributed by atoms with Gasteiger partial charge >= 0.3 is 5.97 Å². The lowest BCUT2D eigenvalue weighted by Gasteiger charge is -2.35.